The van der Waals surface area contributed by atoms with Crippen LogP contribution in [0.15, 0.2) is 132 Å². The maximum atomic E-state index is 10.2. The van der Waals surface area contributed by atoms with Crippen molar-refractivity contribution in [2.24, 2.45) is 4.99 Å². The summed E-state index contributed by atoms with van der Waals surface area (Å²) in [6.07, 6.45) is 1.57. The summed E-state index contributed by atoms with van der Waals surface area (Å²) in [5, 5.41) is 10.9. The predicted octanol–water partition coefficient (Wildman–Crippen LogP) is 8.83. The van der Waals surface area contributed by atoms with Gasteiger partial charge in [-0.3, -0.25) is 4.99 Å². The number of phenols is 1. The third-order valence-corrected chi connectivity index (χ3v) is 6.84. The third kappa shape index (κ3) is 4.54. The Kier molecular flexibility index (Phi) is 6.90. The average molecular weight is 508 g/mol. The molecular formula is C32H23Cl2NO. The van der Waals surface area contributed by atoms with Gasteiger partial charge in [-0.25, -0.2) is 0 Å². The van der Waals surface area contributed by atoms with Crippen molar-refractivity contribution < 1.29 is 5.11 Å². The van der Waals surface area contributed by atoms with Gasteiger partial charge in [0.15, 0.2) is 0 Å². The van der Waals surface area contributed by atoms with Gasteiger partial charge in [0.25, 0.3) is 0 Å². The first-order valence-electron chi connectivity index (χ1n) is 11.6. The van der Waals surface area contributed by atoms with Crippen LogP contribution in [0, 0.1) is 0 Å². The first kappa shape index (κ1) is 23.9. The number of aromatic hydroxyl groups is 1. The zero-order valence-electron chi connectivity index (χ0n) is 19.4. The molecule has 0 heterocycles. The van der Waals surface area contributed by atoms with E-state index < -0.39 is 5.41 Å². The van der Waals surface area contributed by atoms with Crippen LogP contribution in [0.4, 0.5) is 5.69 Å². The molecule has 0 spiro atoms. The molecule has 0 radical (unpaired) electrons. The summed E-state index contributed by atoms with van der Waals surface area (Å²) >= 11 is 12.1. The molecule has 0 unspecified atom stereocenters. The van der Waals surface area contributed by atoms with Gasteiger partial charge in [0.05, 0.1) is 16.1 Å². The molecule has 5 aromatic rings. The fourth-order valence-corrected chi connectivity index (χ4v) is 5.20. The quantitative estimate of drug-likeness (QED) is 0.180. The van der Waals surface area contributed by atoms with Crippen LogP contribution in [0.3, 0.4) is 0 Å². The Morgan fingerprint density at radius 3 is 1.50 bits per heavy atom. The van der Waals surface area contributed by atoms with Gasteiger partial charge in [-0.2, -0.15) is 0 Å². The number of aliphatic imine (C=N–C) groups is 1. The van der Waals surface area contributed by atoms with Crippen LogP contribution in [-0.2, 0) is 5.41 Å². The first-order chi connectivity index (χ1) is 17.6. The standard InChI is InChI=1S/C32H23Cl2NO/c33-28-20-23(31(36)30(34)21-28)22-35-29-18-16-27(17-19-29)32(24-10-4-1-5-11-24,25-12-6-2-7-13-25)26-14-8-3-9-15-26/h1-22,36H. The van der Waals surface area contributed by atoms with Gasteiger partial charge < -0.3 is 5.11 Å². The van der Waals surface area contributed by atoms with E-state index >= 15 is 0 Å². The Labute approximate surface area is 221 Å². The van der Waals surface area contributed by atoms with Crippen molar-refractivity contribution >= 4 is 35.1 Å². The molecule has 4 heteroatoms. The lowest BCUT2D eigenvalue weighted by molar-refractivity contribution is 0.475. The lowest BCUT2D eigenvalue weighted by atomic mass is 9.65. The number of phenolic OH excluding ortho intramolecular Hbond substituents is 1. The minimum Gasteiger partial charge on any atom is -0.506 e. The molecule has 0 bridgehead atoms. The number of nitrogens with zero attached hydrogens (tertiary/aromatic N) is 1. The minimum absolute atomic E-state index is 0.0438. The van der Waals surface area contributed by atoms with E-state index in [4.69, 9.17) is 23.2 Å². The zero-order valence-corrected chi connectivity index (χ0v) is 20.9. The molecule has 1 N–H and O–H groups in total. The second kappa shape index (κ2) is 10.4. The van der Waals surface area contributed by atoms with Crippen molar-refractivity contribution in [3.05, 3.63) is 165 Å². The lowest BCUT2D eigenvalue weighted by Gasteiger charge is -2.36. The Morgan fingerprint density at radius 2 is 1.03 bits per heavy atom. The van der Waals surface area contributed by atoms with Crippen LogP contribution in [0.25, 0.3) is 0 Å². The maximum Gasteiger partial charge on any atom is 0.143 e. The van der Waals surface area contributed by atoms with Gasteiger partial charge in [-0.15, -0.1) is 0 Å². The topological polar surface area (TPSA) is 32.6 Å². The largest absolute Gasteiger partial charge is 0.506 e. The van der Waals surface area contributed by atoms with Crippen molar-refractivity contribution in [1.29, 1.82) is 0 Å². The summed E-state index contributed by atoms with van der Waals surface area (Å²) in [7, 11) is 0. The molecule has 5 rings (SSSR count). The SMILES string of the molecule is Oc1c(Cl)cc(Cl)cc1C=Nc1ccc(C(c2ccccc2)(c2ccccc2)c2ccccc2)cc1. The molecule has 0 saturated carbocycles. The van der Waals surface area contributed by atoms with Crippen LogP contribution >= 0.6 is 23.2 Å². The zero-order chi connectivity index (χ0) is 25.0. The highest BCUT2D eigenvalue weighted by Crippen LogP contribution is 2.45. The van der Waals surface area contributed by atoms with Gasteiger partial charge in [0.2, 0.25) is 0 Å². The summed E-state index contributed by atoms with van der Waals surface area (Å²) in [6, 6.07) is 43.0. The first-order valence-corrected chi connectivity index (χ1v) is 12.3. The average Bonchev–Trinajstić information content (AvgIpc) is 2.93. The van der Waals surface area contributed by atoms with E-state index in [2.05, 4.69) is 89.9 Å². The van der Waals surface area contributed by atoms with Gasteiger partial charge in [-0.05, 0) is 46.5 Å². The van der Waals surface area contributed by atoms with Crippen LogP contribution < -0.4 is 0 Å². The number of halogens is 2. The number of hydrogen-bond acceptors (Lipinski definition) is 2. The minimum atomic E-state index is -0.509. The maximum absolute atomic E-state index is 10.2. The predicted molar refractivity (Wildman–Crippen MR) is 150 cm³/mol. The molecule has 2 nitrogen and oxygen atoms in total. The second-order valence-corrected chi connectivity index (χ2v) is 9.32. The lowest BCUT2D eigenvalue weighted by Crippen LogP contribution is -2.30. The molecule has 0 fully saturated rings. The fourth-order valence-electron chi connectivity index (χ4n) is 4.69. The van der Waals surface area contributed by atoms with E-state index in [0.717, 1.165) is 11.3 Å². The van der Waals surface area contributed by atoms with Gasteiger partial charge in [0.1, 0.15) is 5.75 Å². The highest BCUT2D eigenvalue weighted by molar-refractivity contribution is 6.36. The molecule has 0 aliphatic carbocycles. The molecular weight excluding hydrogens is 485 g/mol. The van der Waals surface area contributed by atoms with Gasteiger partial charge in [0, 0.05) is 16.8 Å². The normalized spacial score (nSPS) is 11.6. The molecule has 0 atom stereocenters. The fraction of sp³-hybridized carbons (Fsp3) is 0.0312. The monoisotopic (exact) mass is 507 g/mol. The third-order valence-electron chi connectivity index (χ3n) is 6.33. The van der Waals surface area contributed by atoms with E-state index in [0.29, 0.717) is 10.6 Å². The van der Waals surface area contributed by atoms with E-state index in [1.165, 1.54) is 22.8 Å². The molecule has 0 amide bonds. The van der Waals surface area contributed by atoms with E-state index in [-0.39, 0.29) is 10.8 Å². The van der Waals surface area contributed by atoms with Crippen LogP contribution in [-0.4, -0.2) is 11.3 Å². The van der Waals surface area contributed by atoms with E-state index in [1.54, 1.807) is 12.3 Å². The number of benzene rings is 5. The van der Waals surface area contributed by atoms with Gasteiger partial charge in [-0.1, -0.05) is 126 Å². The molecule has 0 saturated heterocycles. The van der Waals surface area contributed by atoms with Crippen molar-refractivity contribution in [3.8, 4) is 5.75 Å². The molecule has 0 aromatic heterocycles. The van der Waals surface area contributed by atoms with E-state index in [9.17, 15) is 5.11 Å². The summed E-state index contributed by atoms with van der Waals surface area (Å²) in [5.74, 6) is -0.0438. The van der Waals surface area contributed by atoms with Crippen molar-refractivity contribution in [3.63, 3.8) is 0 Å². The number of hydrogen-bond donors (Lipinski definition) is 1. The highest BCUT2D eigenvalue weighted by atomic mass is 35.5. The molecule has 0 aliphatic rings. The van der Waals surface area contributed by atoms with E-state index in [1.807, 2.05) is 30.3 Å². The number of rotatable bonds is 6. The van der Waals surface area contributed by atoms with Crippen LogP contribution in [0.5, 0.6) is 5.75 Å². The van der Waals surface area contributed by atoms with Crippen molar-refractivity contribution in [1.82, 2.24) is 0 Å². The summed E-state index contributed by atoms with van der Waals surface area (Å²) in [6.45, 7) is 0. The Hall–Kier alpha value is -3.85. The molecule has 0 aliphatic heterocycles. The van der Waals surface area contributed by atoms with Crippen LogP contribution in [0.2, 0.25) is 10.0 Å². The second-order valence-electron chi connectivity index (χ2n) is 8.48. The molecule has 5 aromatic carbocycles. The molecule has 36 heavy (non-hydrogen) atoms. The summed E-state index contributed by atoms with van der Waals surface area (Å²) in [4.78, 5) is 4.56. The Balaban J connectivity index is 1.64. The summed E-state index contributed by atoms with van der Waals surface area (Å²) < 4.78 is 0. The van der Waals surface area contributed by atoms with Crippen LogP contribution in [0.1, 0.15) is 27.8 Å². The smallest absolute Gasteiger partial charge is 0.143 e. The van der Waals surface area contributed by atoms with Crippen molar-refractivity contribution in [2.45, 2.75) is 5.41 Å². The van der Waals surface area contributed by atoms with Crippen molar-refractivity contribution in [2.75, 3.05) is 0 Å². The Morgan fingerprint density at radius 1 is 0.583 bits per heavy atom. The highest BCUT2D eigenvalue weighted by Gasteiger charge is 2.38. The van der Waals surface area contributed by atoms with Gasteiger partial charge >= 0.3 is 0 Å². The Bertz CT molecular complexity index is 1390. The molecule has 176 valence electrons. The summed E-state index contributed by atoms with van der Waals surface area (Å²) in [5.41, 5.74) is 5.36.